The van der Waals surface area contributed by atoms with Crippen LogP contribution in [0.2, 0.25) is 0 Å². The molecule has 144 valence electrons. The van der Waals surface area contributed by atoms with Crippen LogP contribution in [0.3, 0.4) is 0 Å². The van der Waals surface area contributed by atoms with Crippen molar-refractivity contribution in [1.29, 1.82) is 0 Å². The molecule has 0 radical (unpaired) electrons. The van der Waals surface area contributed by atoms with Crippen molar-refractivity contribution in [3.05, 3.63) is 84.5 Å². The summed E-state index contributed by atoms with van der Waals surface area (Å²) in [6, 6.07) is 9.13. The van der Waals surface area contributed by atoms with E-state index in [2.05, 4.69) is 30.4 Å². The number of nitrogen functional groups attached to an aromatic ring is 1. The van der Waals surface area contributed by atoms with Crippen molar-refractivity contribution in [2.45, 2.75) is 13.0 Å². The van der Waals surface area contributed by atoms with E-state index in [1.54, 1.807) is 41.6 Å². The van der Waals surface area contributed by atoms with E-state index >= 15 is 0 Å². The first-order chi connectivity index (χ1) is 14.2. The number of nitrogens with zero attached hydrogens (tertiary/aromatic N) is 6. The molecule has 3 N–H and O–H groups in total. The molecule has 0 saturated carbocycles. The first kappa shape index (κ1) is 18.2. The lowest BCUT2D eigenvalue weighted by molar-refractivity contribution is 0.0988. The fraction of sp³-hybridized carbons (Fsp3) is 0.100. The van der Waals surface area contributed by atoms with Gasteiger partial charge < -0.3 is 11.1 Å². The smallest absolute Gasteiger partial charge is 0.187 e. The Morgan fingerprint density at radius 1 is 1.03 bits per heavy atom. The lowest BCUT2D eigenvalue weighted by Crippen LogP contribution is -2.10. The summed E-state index contributed by atoms with van der Waals surface area (Å²) in [6.07, 6.45) is 9.93. The van der Waals surface area contributed by atoms with Crippen LogP contribution in [0.4, 0.5) is 11.5 Å². The minimum atomic E-state index is -0.119. The van der Waals surface area contributed by atoms with Gasteiger partial charge in [-0.15, -0.1) is 0 Å². The van der Waals surface area contributed by atoms with E-state index in [0.717, 1.165) is 16.9 Å². The second-order valence-electron chi connectivity index (χ2n) is 6.26. The number of aromatic nitrogens is 6. The zero-order valence-corrected chi connectivity index (χ0v) is 15.4. The average molecular weight is 386 g/mol. The first-order valence-electron chi connectivity index (χ1n) is 8.92. The summed E-state index contributed by atoms with van der Waals surface area (Å²) in [5.41, 5.74) is 8.51. The second kappa shape index (κ2) is 8.26. The van der Waals surface area contributed by atoms with E-state index in [1.165, 1.54) is 12.4 Å². The van der Waals surface area contributed by atoms with Crippen molar-refractivity contribution >= 4 is 17.3 Å². The van der Waals surface area contributed by atoms with Crippen LogP contribution in [-0.4, -0.2) is 35.5 Å². The Morgan fingerprint density at radius 2 is 1.97 bits per heavy atom. The summed E-state index contributed by atoms with van der Waals surface area (Å²) in [7, 11) is 0. The molecule has 9 heteroatoms. The lowest BCUT2D eigenvalue weighted by Gasteiger charge is -2.09. The van der Waals surface area contributed by atoms with Gasteiger partial charge in [-0.3, -0.25) is 9.78 Å². The van der Waals surface area contributed by atoms with Crippen molar-refractivity contribution in [3.8, 4) is 5.82 Å². The molecule has 0 atom stereocenters. The minimum absolute atomic E-state index is 0.119. The van der Waals surface area contributed by atoms with E-state index < -0.39 is 0 Å². The summed E-state index contributed by atoms with van der Waals surface area (Å²) in [6.45, 7) is 0.469. The molecule has 0 aliphatic rings. The summed E-state index contributed by atoms with van der Waals surface area (Å²) in [5, 5.41) is 7.28. The molecule has 0 spiro atoms. The lowest BCUT2D eigenvalue weighted by atomic mass is 10.1. The van der Waals surface area contributed by atoms with Gasteiger partial charge in [-0.05, 0) is 35.9 Å². The third-order valence-electron chi connectivity index (χ3n) is 4.21. The van der Waals surface area contributed by atoms with Crippen molar-refractivity contribution < 1.29 is 4.79 Å². The number of ketones is 1. The fourth-order valence-electron chi connectivity index (χ4n) is 2.75. The van der Waals surface area contributed by atoms with Gasteiger partial charge in [0, 0.05) is 31.2 Å². The molecule has 4 aromatic rings. The molecular weight excluding hydrogens is 368 g/mol. The highest BCUT2D eigenvalue weighted by molar-refractivity contribution is 5.95. The van der Waals surface area contributed by atoms with E-state index in [-0.39, 0.29) is 12.2 Å². The Morgan fingerprint density at radius 3 is 2.72 bits per heavy atom. The van der Waals surface area contributed by atoms with Crippen LogP contribution in [0.25, 0.3) is 5.82 Å². The number of hydrogen-bond donors (Lipinski definition) is 2. The molecule has 4 aromatic heterocycles. The highest BCUT2D eigenvalue weighted by Crippen LogP contribution is 2.15. The van der Waals surface area contributed by atoms with Crippen LogP contribution in [0.5, 0.6) is 0 Å². The highest BCUT2D eigenvalue weighted by atomic mass is 16.1. The van der Waals surface area contributed by atoms with E-state index in [1.807, 2.05) is 18.2 Å². The van der Waals surface area contributed by atoms with Gasteiger partial charge in [-0.25, -0.2) is 19.6 Å². The highest BCUT2D eigenvalue weighted by Gasteiger charge is 2.11. The van der Waals surface area contributed by atoms with Crippen LogP contribution in [-0.2, 0) is 13.0 Å². The Kier molecular flexibility index (Phi) is 5.19. The van der Waals surface area contributed by atoms with Gasteiger partial charge in [-0.1, -0.05) is 0 Å². The molecule has 0 fully saturated rings. The van der Waals surface area contributed by atoms with E-state index in [0.29, 0.717) is 23.9 Å². The number of anilines is 2. The number of pyridine rings is 2. The minimum Gasteiger partial charge on any atom is -0.382 e. The second-order valence-corrected chi connectivity index (χ2v) is 6.26. The summed E-state index contributed by atoms with van der Waals surface area (Å²) < 4.78 is 1.58. The summed E-state index contributed by atoms with van der Waals surface area (Å²) in [4.78, 5) is 29.4. The van der Waals surface area contributed by atoms with E-state index in [4.69, 9.17) is 5.73 Å². The standard InChI is InChI=1S/C20H18N8O/c21-20-16(3-1-5-23-20)24-11-15-9-14(4-7-22-15)10-18(29)17-12-26-19(13-25-17)28-8-2-6-27-28/h1-9,12-13,24H,10-11H2,(H2,21,23). The molecule has 0 aliphatic heterocycles. The van der Waals surface area contributed by atoms with Gasteiger partial charge in [-0.2, -0.15) is 5.10 Å². The number of rotatable bonds is 7. The molecule has 4 heterocycles. The fourth-order valence-corrected chi connectivity index (χ4v) is 2.75. The number of Topliss-reactive ketones (excluding diaryl/α,β-unsaturated/α-hetero) is 1. The quantitative estimate of drug-likeness (QED) is 0.463. The Hall–Kier alpha value is -4.14. The molecule has 0 unspecified atom stereocenters. The number of carbonyl (C=O) groups is 1. The van der Waals surface area contributed by atoms with Gasteiger partial charge in [0.15, 0.2) is 11.6 Å². The maximum absolute atomic E-state index is 12.6. The Labute approximate surface area is 166 Å². The zero-order valence-electron chi connectivity index (χ0n) is 15.4. The summed E-state index contributed by atoms with van der Waals surface area (Å²) >= 11 is 0. The normalized spacial score (nSPS) is 10.6. The third kappa shape index (κ3) is 4.41. The predicted molar refractivity (Wildman–Crippen MR) is 107 cm³/mol. The predicted octanol–water partition coefficient (Wildman–Crippen LogP) is 2.07. The molecule has 0 saturated heterocycles. The molecular formula is C20H18N8O. The SMILES string of the molecule is Nc1ncccc1NCc1cc(CC(=O)c2cnc(-n3cccn3)cn2)ccn1. The van der Waals surface area contributed by atoms with Crippen molar-refractivity contribution in [1.82, 2.24) is 29.7 Å². The number of nitrogens with one attached hydrogen (secondary N) is 1. The van der Waals surface area contributed by atoms with Crippen LogP contribution >= 0.6 is 0 Å². The zero-order chi connectivity index (χ0) is 20.1. The van der Waals surface area contributed by atoms with Gasteiger partial charge in [0.25, 0.3) is 0 Å². The van der Waals surface area contributed by atoms with Gasteiger partial charge in [0.2, 0.25) is 0 Å². The van der Waals surface area contributed by atoms with Crippen molar-refractivity contribution in [3.63, 3.8) is 0 Å². The molecule has 0 bridgehead atoms. The Balaban J connectivity index is 1.41. The molecule has 9 nitrogen and oxygen atoms in total. The number of hydrogen-bond acceptors (Lipinski definition) is 8. The van der Waals surface area contributed by atoms with Crippen LogP contribution in [0, 0.1) is 0 Å². The number of nitrogens with two attached hydrogens (primary N) is 1. The average Bonchev–Trinajstić information content (AvgIpc) is 3.28. The maximum atomic E-state index is 12.6. The van der Waals surface area contributed by atoms with Crippen LogP contribution < -0.4 is 11.1 Å². The number of carbonyl (C=O) groups excluding carboxylic acids is 1. The first-order valence-corrected chi connectivity index (χ1v) is 8.92. The van der Waals surface area contributed by atoms with Gasteiger partial charge >= 0.3 is 0 Å². The molecule has 0 aliphatic carbocycles. The molecule has 0 aromatic carbocycles. The maximum Gasteiger partial charge on any atom is 0.187 e. The van der Waals surface area contributed by atoms with Gasteiger partial charge in [0.1, 0.15) is 11.5 Å². The topological polar surface area (TPSA) is 124 Å². The van der Waals surface area contributed by atoms with Crippen LogP contribution in [0.1, 0.15) is 21.7 Å². The Bertz CT molecular complexity index is 1110. The monoisotopic (exact) mass is 386 g/mol. The van der Waals surface area contributed by atoms with Gasteiger partial charge in [0.05, 0.1) is 30.3 Å². The van der Waals surface area contributed by atoms with Crippen molar-refractivity contribution in [2.75, 3.05) is 11.1 Å². The van der Waals surface area contributed by atoms with Crippen molar-refractivity contribution in [2.24, 2.45) is 0 Å². The third-order valence-corrected chi connectivity index (χ3v) is 4.21. The van der Waals surface area contributed by atoms with E-state index in [9.17, 15) is 4.79 Å². The largest absolute Gasteiger partial charge is 0.382 e. The summed E-state index contributed by atoms with van der Waals surface area (Å²) in [5.74, 6) is 0.862. The molecule has 4 rings (SSSR count). The molecule has 29 heavy (non-hydrogen) atoms. The van der Waals surface area contributed by atoms with Crippen LogP contribution in [0.15, 0.2) is 67.5 Å². The molecule has 0 amide bonds.